The second-order valence-corrected chi connectivity index (χ2v) is 4.88. The van der Waals surface area contributed by atoms with E-state index in [9.17, 15) is 14.4 Å². The maximum absolute atomic E-state index is 11.6. The molecule has 7 heteroatoms. The Hall–Kier alpha value is -2.57. The molecule has 1 aromatic rings. The van der Waals surface area contributed by atoms with E-state index in [2.05, 4.69) is 5.32 Å². The molecule has 1 atom stereocenters. The van der Waals surface area contributed by atoms with Crippen molar-refractivity contribution in [2.75, 3.05) is 6.61 Å². The first kappa shape index (κ1) is 18.5. The molecule has 0 heterocycles. The standard InChI is InChI=1S/C16H21NO6/c1-2-3-9-22-14(18)10-13(15(19)20)17-16(21)23-11-12-7-5-4-6-8-12/h4-8,13H,2-3,9-11H2,1H3,(H,17,21)(H,19,20)/t13-/m0/s1. The molecular weight excluding hydrogens is 302 g/mol. The molecular formula is C16H21NO6. The molecule has 0 radical (unpaired) electrons. The topological polar surface area (TPSA) is 102 Å². The van der Waals surface area contributed by atoms with Crippen LogP contribution >= 0.6 is 0 Å². The van der Waals surface area contributed by atoms with Crippen LogP contribution in [0.2, 0.25) is 0 Å². The van der Waals surface area contributed by atoms with Crippen LogP contribution in [-0.2, 0) is 25.7 Å². The van der Waals surface area contributed by atoms with Gasteiger partial charge in [-0.2, -0.15) is 0 Å². The molecule has 1 aromatic carbocycles. The van der Waals surface area contributed by atoms with Crippen molar-refractivity contribution < 1.29 is 29.0 Å². The zero-order valence-corrected chi connectivity index (χ0v) is 13.0. The number of nitrogens with one attached hydrogen (secondary N) is 1. The minimum atomic E-state index is -1.38. The van der Waals surface area contributed by atoms with E-state index < -0.39 is 30.5 Å². The van der Waals surface area contributed by atoms with Gasteiger partial charge in [0.05, 0.1) is 13.0 Å². The smallest absolute Gasteiger partial charge is 0.408 e. The molecule has 126 valence electrons. The summed E-state index contributed by atoms with van der Waals surface area (Å²) in [7, 11) is 0. The minimum absolute atomic E-state index is 0.0138. The average molecular weight is 323 g/mol. The fraction of sp³-hybridized carbons (Fsp3) is 0.438. The Morgan fingerprint density at radius 1 is 1.17 bits per heavy atom. The lowest BCUT2D eigenvalue weighted by Gasteiger charge is -2.14. The van der Waals surface area contributed by atoms with Crippen molar-refractivity contribution in [1.82, 2.24) is 5.32 Å². The van der Waals surface area contributed by atoms with Crippen LogP contribution in [0.5, 0.6) is 0 Å². The summed E-state index contributed by atoms with van der Waals surface area (Å²) in [4.78, 5) is 34.2. The van der Waals surface area contributed by atoms with E-state index in [0.29, 0.717) is 6.42 Å². The number of hydrogen-bond donors (Lipinski definition) is 2. The van der Waals surface area contributed by atoms with Crippen molar-refractivity contribution in [3.05, 3.63) is 35.9 Å². The van der Waals surface area contributed by atoms with Gasteiger partial charge in [-0.1, -0.05) is 43.7 Å². The lowest BCUT2D eigenvalue weighted by atomic mass is 10.2. The summed E-state index contributed by atoms with van der Waals surface area (Å²) in [5, 5.41) is 11.2. The van der Waals surface area contributed by atoms with Gasteiger partial charge in [-0.15, -0.1) is 0 Å². The fourth-order valence-corrected chi connectivity index (χ4v) is 1.66. The van der Waals surface area contributed by atoms with Crippen LogP contribution in [0.25, 0.3) is 0 Å². The van der Waals surface area contributed by atoms with Gasteiger partial charge in [0.25, 0.3) is 0 Å². The molecule has 7 nitrogen and oxygen atoms in total. The Morgan fingerprint density at radius 3 is 2.48 bits per heavy atom. The fourth-order valence-electron chi connectivity index (χ4n) is 1.66. The lowest BCUT2D eigenvalue weighted by Crippen LogP contribution is -2.42. The van der Waals surface area contributed by atoms with Gasteiger partial charge in [0.2, 0.25) is 0 Å². The summed E-state index contributed by atoms with van der Waals surface area (Å²) in [6, 6.07) is 7.58. The molecule has 0 saturated carbocycles. The van der Waals surface area contributed by atoms with Crippen molar-refractivity contribution in [2.24, 2.45) is 0 Å². The Kier molecular flexibility index (Phi) is 8.20. The maximum Gasteiger partial charge on any atom is 0.408 e. The molecule has 0 aliphatic carbocycles. The van der Waals surface area contributed by atoms with Crippen LogP contribution < -0.4 is 5.32 Å². The zero-order valence-electron chi connectivity index (χ0n) is 13.0. The van der Waals surface area contributed by atoms with E-state index in [1.54, 1.807) is 24.3 Å². The van der Waals surface area contributed by atoms with Crippen LogP contribution in [0.1, 0.15) is 31.7 Å². The highest BCUT2D eigenvalue weighted by molar-refractivity contribution is 5.85. The lowest BCUT2D eigenvalue weighted by molar-refractivity contribution is -0.149. The van der Waals surface area contributed by atoms with Crippen molar-refractivity contribution >= 4 is 18.0 Å². The maximum atomic E-state index is 11.6. The molecule has 0 fully saturated rings. The third kappa shape index (κ3) is 7.85. The molecule has 2 N–H and O–H groups in total. The Balaban J connectivity index is 2.40. The molecule has 1 amide bonds. The van der Waals surface area contributed by atoms with E-state index in [4.69, 9.17) is 14.6 Å². The van der Waals surface area contributed by atoms with Gasteiger partial charge in [0, 0.05) is 0 Å². The molecule has 1 rings (SSSR count). The molecule has 23 heavy (non-hydrogen) atoms. The quantitative estimate of drug-likeness (QED) is 0.533. The monoisotopic (exact) mass is 323 g/mol. The van der Waals surface area contributed by atoms with E-state index >= 15 is 0 Å². The van der Waals surface area contributed by atoms with Crippen LogP contribution in [0.4, 0.5) is 4.79 Å². The Morgan fingerprint density at radius 2 is 1.87 bits per heavy atom. The molecule has 0 saturated heterocycles. The second-order valence-electron chi connectivity index (χ2n) is 4.88. The van der Waals surface area contributed by atoms with Crippen molar-refractivity contribution in [2.45, 2.75) is 38.8 Å². The summed E-state index contributed by atoms with van der Waals surface area (Å²) in [5.41, 5.74) is 0.772. The van der Waals surface area contributed by atoms with Gasteiger partial charge in [0.1, 0.15) is 12.6 Å². The molecule has 0 spiro atoms. The van der Waals surface area contributed by atoms with Gasteiger partial charge in [-0.3, -0.25) is 4.79 Å². The highest BCUT2D eigenvalue weighted by Gasteiger charge is 2.24. The highest BCUT2D eigenvalue weighted by atomic mass is 16.5. The zero-order chi connectivity index (χ0) is 17.1. The van der Waals surface area contributed by atoms with Crippen molar-refractivity contribution in [3.63, 3.8) is 0 Å². The molecule has 0 bridgehead atoms. The number of carbonyl (C=O) groups is 3. The third-order valence-corrected chi connectivity index (χ3v) is 2.93. The first-order valence-corrected chi connectivity index (χ1v) is 7.38. The van der Waals surface area contributed by atoms with E-state index in [-0.39, 0.29) is 13.2 Å². The van der Waals surface area contributed by atoms with E-state index in [0.717, 1.165) is 12.0 Å². The number of hydrogen-bond acceptors (Lipinski definition) is 5. The van der Waals surface area contributed by atoms with Crippen LogP contribution in [-0.4, -0.2) is 35.8 Å². The largest absolute Gasteiger partial charge is 0.480 e. The number of unbranched alkanes of at least 4 members (excludes halogenated alkanes) is 1. The Labute approximate surface area is 134 Å². The number of esters is 1. The van der Waals surface area contributed by atoms with E-state index in [1.807, 2.05) is 13.0 Å². The van der Waals surface area contributed by atoms with Crippen molar-refractivity contribution in [1.29, 1.82) is 0 Å². The van der Waals surface area contributed by atoms with E-state index in [1.165, 1.54) is 0 Å². The number of ether oxygens (including phenoxy) is 2. The molecule has 0 aliphatic heterocycles. The van der Waals surface area contributed by atoms with Gasteiger partial charge in [0.15, 0.2) is 0 Å². The Bertz CT molecular complexity index is 517. The van der Waals surface area contributed by atoms with Crippen molar-refractivity contribution in [3.8, 4) is 0 Å². The van der Waals surface area contributed by atoms with Gasteiger partial charge >= 0.3 is 18.0 Å². The number of alkyl carbamates (subject to hydrolysis) is 1. The number of benzene rings is 1. The SMILES string of the molecule is CCCCOC(=O)C[C@H](NC(=O)OCc1ccccc1)C(=O)O. The molecule has 0 aliphatic rings. The van der Waals surface area contributed by atoms with Crippen LogP contribution in [0.3, 0.4) is 0 Å². The second kappa shape index (κ2) is 10.2. The number of amides is 1. The number of carbonyl (C=O) groups excluding carboxylic acids is 2. The summed E-state index contributed by atoms with van der Waals surface area (Å²) >= 11 is 0. The first-order chi connectivity index (χ1) is 11.0. The summed E-state index contributed by atoms with van der Waals surface area (Å²) in [5.74, 6) is -2.00. The third-order valence-electron chi connectivity index (χ3n) is 2.93. The van der Waals surface area contributed by atoms with Gasteiger partial charge in [-0.05, 0) is 12.0 Å². The average Bonchev–Trinajstić information content (AvgIpc) is 2.53. The number of rotatable bonds is 9. The predicted octanol–water partition coefficient (Wildman–Crippen LogP) is 2.10. The summed E-state index contributed by atoms with van der Waals surface area (Å²) < 4.78 is 9.80. The number of carboxylic acid groups (broad SMARTS) is 1. The number of carboxylic acids is 1. The van der Waals surface area contributed by atoms with Gasteiger partial charge < -0.3 is 19.9 Å². The normalized spacial score (nSPS) is 11.3. The predicted molar refractivity (Wildman–Crippen MR) is 81.7 cm³/mol. The highest BCUT2D eigenvalue weighted by Crippen LogP contribution is 2.02. The van der Waals surface area contributed by atoms with Crippen LogP contribution in [0, 0.1) is 0 Å². The number of aliphatic carboxylic acids is 1. The summed E-state index contributed by atoms with van der Waals surface area (Å²) in [6.07, 6.45) is 0.220. The summed E-state index contributed by atoms with van der Waals surface area (Å²) in [6.45, 7) is 2.19. The molecule has 0 aromatic heterocycles. The van der Waals surface area contributed by atoms with Gasteiger partial charge in [-0.25, -0.2) is 9.59 Å². The van der Waals surface area contributed by atoms with Crippen LogP contribution in [0.15, 0.2) is 30.3 Å². The first-order valence-electron chi connectivity index (χ1n) is 7.38. The minimum Gasteiger partial charge on any atom is -0.480 e. The molecule has 0 unspecified atom stereocenters.